The minimum Gasteiger partial charge on any atom is -0.493 e. The number of hydrogen-bond donors (Lipinski definition) is 3. The summed E-state index contributed by atoms with van der Waals surface area (Å²) in [5, 5.41) is 13.7. The Bertz CT molecular complexity index is 1680. The fourth-order valence-electron chi connectivity index (χ4n) is 4.76. The molecule has 3 N–H and O–H groups in total. The molecule has 14 heteroatoms. The number of nitrogens with one attached hydrogen (secondary N) is 2. The van der Waals surface area contributed by atoms with Crippen molar-refractivity contribution in [2.75, 3.05) is 32.8 Å². The van der Waals surface area contributed by atoms with Gasteiger partial charge >= 0.3 is 5.97 Å². The van der Waals surface area contributed by atoms with Crippen molar-refractivity contribution >= 4 is 47.2 Å². The van der Waals surface area contributed by atoms with Crippen LogP contribution in [0.4, 0.5) is 5.69 Å². The van der Waals surface area contributed by atoms with E-state index in [0.29, 0.717) is 11.1 Å². The molecule has 46 heavy (non-hydrogen) atoms. The van der Waals surface area contributed by atoms with Gasteiger partial charge in [0, 0.05) is 16.7 Å². The van der Waals surface area contributed by atoms with Gasteiger partial charge < -0.3 is 34.7 Å². The molecule has 0 fully saturated rings. The Balaban J connectivity index is 1.74. The van der Waals surface area contributed by atoms with Crippen molar-refractivity contribution in [2.24, 2.45) is 4.99 Å². The van der Waals surface area contributed by atoms with E-state index < -0.39 is 54.6 Å². The second kappa shape index (κ2) is 14.6. The third kappa shape index (κ3) is 7.18. The minimum absolute atomic E-state index is 0.122. The van der Waals surface area contributed by atoms with Crippen LogP contribution in [0.1, 0.15) is 27.9 Å². The van der Waals surface area contributed by atoms with E-state index in [1.165, 1.54) is 33.5 Å². The molecule has 238 valence electrons. The summed E-state index contributed by atoms with van der Waals surface area (Å²) in [6.45, 7) is -0.662. The van der Waals surface area contributed by atoms with Crippen molar-refractivity contribution in [3.05, 3.63) is 83.4 Å². The van der Waals surface area contributed by atoms with E-state index in [2.05, 4.69) is 15.6 Å². The van der Waals surface area contributed by atoms with Crippen LogP contribution in [0.15, 0.2) is 71.7 Å². The fourth-order valence-corrected chi connectivity index (χ4v) is 4.76. The maximum absolute atomic E-state index is 14.0. The lowest BCUT2D eigenvalue weighted by Gasteiger charge is -2.25. The van der Waals surface area contributed by atoms with Crippen molar-refractivity contribution in [1.29, 1.82) is 0 Å². The lowest BCUT2D eigenvalue weighted by molar-refractivity contribution is -0.138. The Morgan fingerprint density at radius 1 is 0.957 bits per heavy atom. The zero-order valence-electron chi connectivity index (χ0n) is 25.0. The third-order valence-corrected chi connectivity index (χ3v) is 6.86. The molecule has 3 amide bonds. The van der Waals surface area contributed by atoms with Gasteiger partial charge in [-0.15, -0.1) is 0 Å². The first-order chi connectivity index (χ1) is 22.1. The monoisotopic (exact) mass is 630 g/mol. The van der Waals surface area contributed by atoms with Gasteiger partial charge in [0.25, 0.3) is 17.6 Å². The van der Waals surface area contributed by atoms with Crippen LogP contribution in [0, 0.1) is 0 Å². The standard InChI is InChI=1S/C32H30N4O10/c1-44-23-13-19(14-24(45-2)29(23)46-3)28(41)31(42)35-30-32(43)36(16-25(38)33-20(17-37)15-26(39)40)22-12-8-7-11-21(22)27(34-30)18-9-5-4-6-10-18/h4-14,17,20,30H,15-16H2,1-3H3,(H,33,38)(H,35,42)(H,39,40)/t20-,30?/m0/s1. The summed E-state index contributed by atoms with van der Waals surface area (Å²) >= 11 is 0. The molecule has 0 saturated heterocycles. The number of carbonyl (C=O) groups excluding carboxylic acids is 5. The number of ketones is 1. The Hall–Kier alpha value is -6.05. The number of aliphatic imine (C=N–C) groups is 1. The van der Waals surface area contributed by atoms with Gasteiger partial charge in [-0.25, -0.2) is 4.99 Å². The lowest BCUT2D eigenvalue weighted by atomic mass is 10.0. The van der Waals surface area contributed by atoms with E-state index in [9.17, 15) is 28.8 Å². The molecule has 2 atom stereocenters. The zero-order valence-corrected chi connectivity index (χ0v) is 25.0. The maximum Gasteiger partial charge on any atom is 0.305 e. The molecule has 4 rings (SSSR count). The summed E-state index contributed by atoms with van der Waals surface area (Å²) in [6.07, 6.45) is -2.07. The first kappa shape index (κ1) is 32.9. The van der Waals surface area contributed by atoms with Gasteiger partial charge in [-0.05, 0) is 18.2 Å². The van der Waals surface area contributed by atoms with Gasteiger partial charge in [0.2, 0.25) is 17.8 Å². The average molecular weight is 631 g/mol. The van der Waals surface area contributed by atoms with Crippen molar-refractivity contribution in [2.45, 2.75) is 18.6 Å². The van der Waals surface area contributed by atoms with E-state index in [1.807, 2.05) is 0 Å². The summed E-state index contributed by atoms with van der Waals surface area (Å²) in [5.74, 6) is -4.82. The number of nitrogens with zero attached hydrogens (tertiary/aromatic N) is 2. The number of rotatable bonds is 13. The van der Waals surface area contributed by atoms with Gasteiger partial charge in [0.05, 0.1) is 45.2 Å². The van der Waals surface area contributed by atoms with Crippen LogP contribution in [0.5, 0.6) is 17.2 Å². The lowest BCUT2D eigenvalue weighted by Crippen LogP contribution is -2.52. The smallest absolute Gasteiger partial charge is 0.305 e. The normalized spacial score (nSPS) is 14.5. The highest BCUT2D eigenvalue weighted by Crippen LogP contribution is 2.38. The van der Waals surface area contributed by atoms with Crippen molar-refractivity contribution in [1.82, 2.24) is 10.6 Å². The first-order valence-corrected chi connectivity index (χ1v) is 13.8. The largest absolute Gasteiger partial charge is 0.493 e. The Morgan fingerprint density at radius 3 is 2.17 bits per heavy atom. The van der Waals surface area contributed by atoms with Gasteiger partial charge in [-0.2, -0.15) is 0 Å². The zero-order chi connectivity index (χ0) is 33.4. The fraction of sp³-hybridized carbons (Fsp3) is 0.219. The molecule has 1 aliphatic rings. The molecule has 3 aromatic rings. The number of carbonyl (C=O) groups is 6. The van der Waals surface area contributed by atoms with E-state index in [0.717, 1.165) is 4.90 Å². The number of hydrogen-bond acceptors (Lipinski definition) is 10. The number of fused-ring (bicyclic) bond motifs is 1. The highest BCUT2D eigenvalue weighted by atomic mass is 16.5. The van der Waals surface area contributed by atoms with Crippen LogP contribution < -0.4 is 29.7 Å². The Kier molecular flexibility index (Phi) is 10.4. The average Bonchev–Trinajstić information content (AvgIpc) is 3.17. The van der Waals surface area contributed by atoms with Crippen LogP contribution in [0.25, 0.3) is 0 Å². The summed E-state index contributed by atoms with van der Waals surface area (Å²) < 4.78 is 15.8. The van der Waals surface area contributed by atoms with Gasteiger partial charge in [-0.3, -0.25) is 28.9 Å². The van der Waals surface area contributed by atoms with E-state index >= 15 is 0 Å². The van der Waals surface area contributed by atoms with E-state index in [4.69, 9.17) is 19.3 Å². The molecule has 1 heterocycles. The number of aliphatic carboxylic acids is 1. The quantitative estimate of drug-likeness (QED) is 0.141. The number of carboxylic acid groups (broad SMARTS) is 1. The number of ether oxygens (including phenoxy) is 3. The number of benzene rings is 3. The van der Waals surface area contributed by atoms with Gasteiger partial charge in [-0.1, -0.05) is 48.5 Å². The molecule has 14 nitrogen and oxygen atoms in total. The molecular weight excluding hydrogens is 600 g/mol. The second-order valence-electron chi connectivity index (χ2n) is 9.81. The molecule has 0 radical (unpaired) electrons. The first-order valence-electron chi connectivity index (χ1n) is 13.8. The topological polar surface area (TPSA) is 190 Å². The van der Waals surface area contributed by atoms with Crippen molar-refractivity contribution < 1.29 is 48.1 Å². The Labute approximate surface area is 263 Å². The van der Waals surface area contributed by atoms with Crippen LogP contribution in [-0.4, -0.2) is 86.7 Å². The Morgan fingerprint density at radius 2 is 1.59 bits per heavy atom. The minimum atomic E-state index is -1.69. The molecule has 0 spiro atoms. The number of aldehydes is 1. The summed E-state index contributed by atoms with van der Waals surface area (Å²) in [5.41, 5.74) is 1.42. The van der Waals surface area contributed by atoms with E-state index in [1.54, 1.807) is 54.6 Å². The number of carboxylic acids is 1. The SMILES string of the molecule is COc1cc(C(=O)C(=O)NC2N=C(c3ccccc3)c3ccccc3N(CC(=O)N[C@H](C=O)CC(=O)O)C2=O)cc(OC)c1OC. The summed E-state index contributed by atoms with van der Waals surface area (Å²) in [4.78, 5) is 81.8. The molecule has 3 aromatic carbocycles. The molecule has 1 aliphatic heterocycles. The van der Waals surface area contributed by atoms with Gasteiger partial charge in [0.1, 0.15) is 12.8 Å². The number of para-hydroxylation sites is 1. The molecule has 0 aromatic heterocycles. The molecule has 1 unspecified atom stereocenters. The van der Waals surface area contributed by atoms with Crippen LogP contribution >= 0.6 is 0 Å². The predicted octanol–water partition coefficient (Wildman–Crippen LogP) is 1.38. The number of Topliss-reactive ketones (excluding diaryl/α,β-unsaturated/α-hetero) is 1. The second-order valence-corrected chi connectivity index (χ2v) is 9.81. The molecule has 0 aliphatic carbocycles. The number of methoxy groups -OCH3 is 3. The molecule has 0 bridgehead atoms. The van der Waals surface area contributed by atoms with Gasteiger partial charge in [0.15, 0.2) is 11.5 Å². The highest BCUT2D eigenvalue weighted by molar-refractivity contribution is 6.43. The van der Waals surface area contributed by atoms with E-state index in [-0.39, 0.29) is 40.5 Å². The van der Waals surface area contributed by atoms with Crippen LogP contribution in [0.2, 0.25) is 0 Å². The third-order valence-electron chi connectivity index (χ3n) is 6.86. The number of benzodiazepines with no additional fused rings is 1. The van der Waals surface area contributed by atoms with Crippen LogP contribution in [-0.2, 0) is 24.0 Å². The van der Waals surface area contributed by atoms with Crippen LogP contribution in [0.3, 0.4) is 0 Å². The molecule has 0 saturated carbocycles. The summed E-state index contributed by atoms with van der Waals surface area (Å²) in [6, 6.07) is 16.5. The number of amides is 3. The predicted molar refractivity (Wildman–Crippen MR) is 163 cm³/mol. The molecular formula is C32H30N4O10. The van der Waals surface area contributed by atoms with Crippen molar-refractivity contribution in [3.8, 4) is 17.2 Å². The number of anilines is 1. The summed E-state index contributed by atoms with van der Waals surface area (Å²) in [7, 11) is 4.07. The highest BCUT2D eigenvalue weighted by Gasteiger charge is 2.36. The van der Waals surface area contributed by atoms with Crippen molar-refractivity contribution in [3.63, 3.8) is 0 Å². The maximum atomic E-state index is 14.0.